The molecule has 4 aromatic rings. The van der Waals surface area contributed by atoms with Crippen molar-refractivity contribution in [3.8, 4) is 0 Å². The van der Waals surface area contributed by atoms with Crippen molar-refractivity contribution < 1.29 is 17.9 Å². The van der Waals surface area contributed by atoms with Gasteiger partial charge in [-0.15, -0.1) is 11.3 Å². The summed E-state index contributed by atoms with van der Waals surface area (Å²) in [5.41, 5.74) is 0.899. The van der Waals surface area contributed by atoms with E-state index >= 15 is 0 Å². The highest BCUT2D eigenvalue weighted by atomic mass is 32.2. The fourth-order valence-electron chi connectivity index (χ4n) is 4.04. The fraction of sp³-hybridized carbons (Fsp3) is 0.250. The number of benzene rings is 3. The molecule has 2 heterocycles. The molecule has 0 spiro atoms. The summed E-state index contributed by atoms with van der Waals surface area (Å²) in [5.74, 6) is -0.584. The van der Waals surface area contributed by atoms with Crippen LogP contribution in [-0.2, 0) is 26.2 Å². The summed E-state index contributed by atoms with van der Waals surface area (Å²) in [5, 5.41) is 2.65. The molecule has 3 aromatic carbocycles. The first-order chi connectivity index (χ1) is 15.5. The number of thiazole rings is 1. The fourth-order valence-corrected chi connectivity index (χ4v) is 6.43. The van der Waals surface area contributed by atoms with Crippen LogP contribution in [0.1, 0.15) is 17.8 Å². The van der Waals surface area contributed by atoms with Crippen molar-refractivity contribution in [3.63, 3.8) is 0 Å². The number of carbonyl (C=O) groups is 1. The second kappa shape index (κ2) is 8.61. The Morgan fingerprint density at radius 1 is 1.00 bits per heavy atom. The van der Waals surface area contributed by atoms with Gasteiger partial charge in [-0.3, -0.25) is 4.79 Å². The highest BCUT2D eigenvalue weighted by Gasteiger charge is 2.33. The smallest absolute Gasteiger partial charge is 0.309 e. The Labute approximate surface area is 190 Å². The van der Waals surface area contributed by atoms with Gasteiger partial charge < -0.3 is 4.74 Å². The van der Waals surface area contributed by atoms with E-state index in [-0.39, 0.29) is 23.4 Å². The maximum Gasteiger partial charge on any atom is 0.309 e. The van der Waals surface area contributed by atoms with Crippen LogP contribution in [0.2, 0.25) is 0 Å². The molecule has 1 aliphatic rings. The van der Waals surface area contributed by atoms with Crippen LogP contribution in [0, 0.1) is 5.92 Å². The molecule has 1 aliphatic heterocycles. The number of aromatic nitrogens is 1. The van der Waals surface area contributed by atoms with Crippen molar-refractivity contribution in [2.45, 2.75) is 24.3 Å². The molecular formula is C24H22N2O4S2. The van der Waals surface area contributed by atoms with E-state index in [1.54, 1.807) is 12.1 Å². The van der Waals surface area contributed by atoms with Crippen molar-refractivity contribution >= 4 is 48.3 Å². The highest BCUT2D eigenvalue weighted by molar-refractivity contribution is 7.89. The molecule has 32 heavy (non-hydrogen) atoms. The minimum Gasteiger partial charge on any atom is -0.458 e. The Bertz CT molecular complexity index is 1360. The van der Waals surface area contributed by atoms with Gasteiger partial charge in [-0.05, 0) is 47.9 Å². The van der Waals surface area contributed by atoms with Crippen LogP contribution in [0.25, 0.3) is 21.0 Å². The number of nitrogens with zero attached hydrogens (tertiary/aromatic N) is 2. The molecule has 1 saturated heterocycles. The van der Waals surface area contributed by atoms with Crippen LogP contribution in [0.4, 0.5) is 0 Å². The van der Waals surface area contributed by atoms with Crippen molar-refractivity contribution in [1.29, 1.82) is 0 Å². The molecule has 1 fully saturated rings. The summed E-state index contributed by atoms with van der Waals surface area (Å²) in [6.07, 6.45) is 0.900. The van der Waals surface area contributed by atoms with E-state index in [9.17, 15) is 13.2 Å². The van der Waals surface area contributed by atoms with E-state index in [4.69, 9.17) is 4.74 Å². The normalized spacial score (nSPS) is 15.9. The molecule has 1 aromatic heterocycles. The average Bonchev–Trinajstić information content (AvgIpc) is 3.25. The number of ether oxygens (including phenoxy) is 1. The Balaban J connectivity index is 1.20. The lowest BCUT2D eigenvalue weighted by atomic mass is 9.98. The molecule has 0 atom stereocenters. The van der Waals surface area contributed by atoms with E-state index in [1.807, 2.05) is 54.6 Å². The molecule has 8 heteroatoms. The average molecular weight is 467 g/mol. The molecule has 6 nitrogen and oxygen atoms in total. The van der Waals surface area contributed by atoms with Crippen LogP contribution in [-0.4, -0.2) is 36.8 Å². The Kier molecular flexibility index (Phi) is 5.67. The molecule has 0 unspecified atom stereocenters. The molecule has 0 N–H and O–H groups in total. The third-order valence-electron chi connectivity index (χ3n) is 5.82. The standard InChI is InChI=1S/C24H22N2O4S2/c27-24(30-16-23-25-21-7-3-4-8-22(21)31-23)18-11-13-26(14-12-18)32(28,29)20-10-9-17-5-1-2-6-19(17)15-20/h1-10,15,18H,11-14,16H2. The number of hydrogen-bond acceptors (Lipinski definition) is 6. The van der Waals surface area contributed by atoms with Gasteiger partial charge in [0.1, 0.15) is 11.6 Å². The number of rotatable bonds is 5. The van der Waals surface area contributed by atoms with Crippen molar-refractivity contribution in [3.05, 3.63) is 71.7 Å². The number of hydrogen-bond donors (Lipinski definition) is 0. The van der Waals surface area contributed by atoms with Crippen LogP contribution >= 0.6 is 11.3 Å². The maximum atomic E-state index is 13.1. The molecule has 0 radical (unpaired) electrons. The van der Waals surface area contributed by atoms with Crippen molar-refractivity contribution in [1.82, 2.24) is 9.29 Å². The van der Waals surface area contributed by atoms with Gasteiger partial charge in [-0.2, -0.15) is 4.31 Å². The first-order valence-electron chi connectivity index (χ1n) is 10.5. The number of sulfonamides is 1. The summed E-state index contributed by atoms with van der Waals surface area (Å²) in [4.78, 5) is 17.3. The molecule has 5 rings (SSSR count). The van der Waals surface area contributed by atoms with Gasteiger partial charge in [0.15, 0.2) is 0 Å². The number of carbonyl (C=O) groups excluding carboxylic acids is 1. The lowest BCUT2D eigenvalue weighted by Crippen LogP contribution is -2.40. The van der Waals surface area contributed by atoms with Crippen LogP contribution in [0.3, 0.4) is 0 Å². The third-order valence-corrected chi connectivity index (χ3v) is 8.73. The van der Waals surface area contributed by atoms with Crippen LogP contribution < -0.4 is 0 Å². The predicted molar refractivity (Wildman–Crippen MR) is 125 cm³/mol. The Morgan fingerprint density at radius 2 is 1.72 bits per heavy atom. The lowest BCUT2D eigenvalue weighted by Gasteiger charge is -2.30. The van der Waals surface area contributed by atoms with Gasteiger partial charge in [0.05, 0.1) is 21.0 Å². The van der Waals surface area contributed by atoms with Gasteiger partial charge in [0.2, 0.25) is 10.0 Å². The first-order valence-corrected chi connectivity index (χ1v) is 12.8. The van der Waals surface area contributed by atoms with Crippen LogP contribution in [0.15, 0.2) is 71.6 Å². The van der Waals surface area contributed by atoms with E-state index in [2.05, 4.69) is 4.98 Å². The van der Waals surface area contributed by atoms with Gasteiger partial charge in [0.25, 0.3) is 0 Å². The molecule has 164 valence electrons. The van der Waals surface area contributed by atoms with E-state index in [0.29, 0.717) is 25.9 Å². The molecular weight excluding hydrogens is 444 g/mol. The largest absolute Gasteiger partial charge is 0.458 e. The monoisotopic (exact) mass is 466 g/mol. The SMILES string of the molecule is O=C(OCc1nc2ccccc2s1)C1CCN(S(=O)(=O)c2ccc3ccccc3c2)CC1. The number of esters is 1. The van der Waals surface area contributed by atoms with Crippen molar-refractivity contribution in [2.24, 2.45) is 5.92 Å². The second-order valence-electron chi connectivity index (χ2n) is 7.87. The summed E-state index contributed by atoms with van der Waals surface area (Å²) < 4.78 is 34.2. The zero-order valence-electron chi connectivity index (χ0n) is 17.3. The first kappa shape index (κ1) is 21.1. The Hall–Kier alpha value is -2.81. The van der Waals surface area contributed by atoms with Gasteiger partial charge >= 0.3 is 5.97 Å². The van der Waals surface area contributed by atoms with Gasteiger partial charge in [-0.1, -0.05) is 42.5 Å². The minimum atomic E-state index is -3.60. The lowest BCUT2D eigenvalue weighted by molar-refractivity contribution is -0.151. The topological polar surface area (TPSA) is 76.6 Å². The van der Waals surface area contributed by atoms with E-state index < -0.39 is 10.0 Å². The Morgan fingerprint density at radius 3 is 2.50 bits per heavy atom. The van der Waals surface area contributed by atoms with Crippen LogP contribution in [0.5, 0.6) is 0 Å². The van der Waals surface area contributed by atoms with E-state index in [1.165, 1.54) is 15.6 Å². The zero-order valence-corrected chi connectivity index (χ0v) is 18.9. The van der Waals surface area contributed by atoms with Gasteiger partial charge in [-0.25, -0.2) is 13.4 Å². The number of para-hydroxylation sites is 1. The third kappa shape index (κ3) is 4.13. The summed E-state index contributed by atoms with van der Waals surface area (Å²) in [6, 6.07) is 20.7. The maximum absolute atomic E-state index is 13.1. The predicted octanol–water partition coefficient (Wildman–Crippen LogP) is 4.59. The number of fused-ring (bicyclic) bond motifs is 2. The van der Waals surface area contributed by atoms with Crippen molar-refractivity contribution in [2.75, 3.05) is 13.1 Å². The molecule has 0 aliphatic carbocycles. The van der Waals surface area contributed by atoms with E-state index in [0.717, 1.165) is 26.0 Å². The molecule has 0 amide bonds. The summed E-state index contributed by atoms with van der Waals surface area (Å²) in [7, 11) is -3.60. The number of piperidine rings is 1. The zero-order chi connectivity index (χ0) is 22.1. The summed E-state index contributed by atoms with van der Waals surface area (Å²) in [6.45, 7) is 0.750. The minimum absolute atomic E-state index is 0.147. The molecule has 0 saturated carbocycles. The quantitative estimate of drug-likeness (QED) is 0.402. The highest BCUT2D eigenvalue weighted by Crippen LogP contribution is 2.27. The second-order valence-corrected chi connectivity index (χ2v) is 10.9. The van der Waals surface area contributed by atoms with Gasteiger partial charge in [0, 0.05) is 13.1 Å². The molecule has 0 bridgehead atoms. The summed E-state index contributed by atoms with van der Waals surface area (Å²) >= 11 is 1.51.